The summed E-state index contributed by atoms with van der Waals surface area (Å²) in [7, 11) is 0. The standard InChI is InChI=1S/C20H22ClNO2S/c1-20(2)17-13-15(7-10-18(17)22-19(20)23)24-11-3-4-12-25-16-8-5-14(21)6-9-16/h5-10,13H,3-4,11-12H2,1-2H3,(H,22,23). The highest BCUT2D eigenvalue weighted by molar-refractivity contribution is 7.99. The third-order valence-electron chi connectivity index (χ3n) is 4.37. The van der Waals surface area contributed by atoms with Gasteiger partial charge in [-0.1, -0.05) is 11.6 Å². The predicted molar refractivity (Wildman–Crippen MR) is 105 cm³/mol. The molecule has 2 aromatic rings. The molecule has 0 fully saturated rings. The van der Waals surface area contributed by atoms with E-state index in [-0.39, 0.29) is 5.91 Å². The Kier molecular flexibility index (Phi) is 5.60. The van der Waals surface area contributed by atoms with Gasteiger partial charge in [0.15, 0.2) is 0 Å². The Morgan fingerprint density at radius 3 is 2.64 bits per heavy atom. The number of rotatable bonds is 7. The lowest BCUT2D eigenvalue weighted by Gasteiger charge is -2.16. The number of unbranched alkanes of at least 4 members (excludes halogenated alkanes) is 1. The summed E-state index contributed by atoms with van der Waals surface area (Å²) in [6.07, 6.45) is 2.09. The van der Waals surface area contributed by atoms with E-state index in [1.165, 1.54) is 4.90 Å². The molecule has 1 aliphatic rings. The van der Waals surface area contributed by atoms with E-state index in [2.05, 4.69) is 5.32 Å². The van der Waals surface area contributed by atoms with E-state index in [9.17, 15) is 4.79 Å². The second-order valence-electron chi connectivity index (χ2n) is 6.64. The highest BCUT2D eigenvalue weighted by Crippen LogP contribution is 2.39. The second-order valence-corrected chi connectivity index (χ2v) is 8.25. The van der Waals surface area contributed by atoms with Crippen LogP contribution in [0, 0.1) is 0 Å². The van der Waals surface area contributed by atoms with Gasteiger partial charge in [-0.3, -0.25) is 4.79 Å². The van der Waals surface area contributed by atoms with Crippen molar-refractivity contribution in [3.8, 4) is 5.75 Å². The molecule has 0 aliphatic carbocycles. The molecule has 5 heteroatoms. The fourth-order valence-electron chi connectivity index (χ4n) is 2.76. The van der Waals surface area contributed by atoms with Crippen molar-refractivity contribution in [2.24, 2.45) is 0 Å². The van der Waals surface area contributed by atoms with Crippen molar-refractivity contribution in [2.45, 2.75) is 37.0 Å². The van der Waals surface area contributed by atoms with Gasteiger partial charge in [-0.2, -0.15) is 0 Å². The molecule has 3 rings (SSSR count). The van der Waals surface area contributed by atoms with Crippen molar-refractivity contribution in [1.29, 1.82) is 0 Å². The smallest absolute Gasteiger partial charge is 0.234 e. The Balaban J connectivity index is 1.42. The Hall–Kier alpha value is -1.65. The van der Waals surface area contributed by atoms with Gasteiger partial charge in [-0.15, -0.1) is 11.8 Å². The number of nitrogens with one attached hydrogen (secondary N) is 1. The number of hydrogen-bond donors (Lipinski definition) is 1. The molecule has 0 spiro atoms. The van der Waals surface area contributed by atoms with Crippen LogP contribution in [0.4, 0.5) is 5.69 Å². The fraction of sp³-hybridized carbons (Fsp3) is 0.350. The number of ether oxygens (including phenoxy) is 1. The molecule has 25 heavy (non-hydrogen) atoms. The molecule has 132 valence electrons. The van der Waals surface area contributed by atoms with Crippen molar-refractivity contribution in [1.82, 2.24) is 0 Å². The molecule has 0 bridgehead atoms. The van der Waals surface area contributed by atoms with Gasteiger partial charge >= 0.3 is 0 Å². The highest BCUT2D eigenvalue weighted by atomic mass is 35.5. The van der Waals surface area contributed by atoms with E-state index < -0.39 is 5.41 Å². The SMILES string of the molecule is CC1(C)C(=O)Nc2ccc(OCCCCSc3ccc(Cl)cc3)cc21. The number of amides is 1. The van der Waals surface area contributed by atoms with Crippen LogP contribution in [0.1, 0.15) is 32.3 Å². The minimum Gasteiger partial charge on any atom is -0.494 e. The Morgan fingerprint density at radius 2 is 1.88 bits per heavy atom. The molecule has 1 aliphatic heterocycles. The third-order valence-corrected chi connectivity index (χ3v) is 5.72. The van der Waals surface area contributed by atoms with E-state index in [1.54, 1.807) is 0 Å². The lowest BCUT2D eigenvalue weighted by atomic mass is 9.86. The van der Waals surface area contributed by atoms with Crippen LogP contribution in [0.2, 0.25) is 5.02 Å². The number of thioether (sulfide) groups is 1. The molecular formula is C20H22ClNO2S. The minimum absolute atomic E-state index is 0.0406. The number of carbonyl (C=O) groups excluding carboxylic acids is 1. The van der Waals surface area contributed by atoms with Crippen LogP contribution in [-0.4, -0.2) is 18.3 Å². The predicted octanol–water partition coefficient (Wildman–Crippen LogP) is 5.52. The molecule has 0 aromatic heterocycles. The number of benzene rings is 2. The lowest BCUT2D eigenvalue weighted by molar-refractivity contribution is -0.119. The first kappa shape index (κ1) is 18.2. The topological polar surface area (TPSA) is 38.3 Å². The van der Waals surface area contributed by atoms with Crippen molar-refractivity contribution in [3.63, 3.8) is 0 Å². The van der Waals surface area contributed by atoms with Crippen molar-refractivity contribution >= 4 is 35.0 Å². The molecule has 0 unspecified atom stereocenters. The maximum absolute atomic E-state index is 12.0. The maximum atomic E-state index is 12.0. The summed E-state index contributed by atoms with van der Waals surface area (Å²) in [4.78, 5) is 13.2. The fourth-order valence-corrected chi connectivity index (χ4v) is 3.79. The average molecular weight is 376 g/mol. The number of carbonyl (C=O) groups is 1. The van der Waals surface area contributed by atoms with Gasteiger partial charge in [-0.05, 0) is 80.5 Å². The molecule has 2 aromatic carbocycles. The Labute approximate surface area is 158 Å². The molecule has 1 N–H and O–H groups in total. The maximum Gasteiger partial charge on any atom is 0.234 e. The monoisotopic (exact) mass is 375 g/mol. The normalized spacial score (nSPS) is 14.9. The zero-order valence-corrected chi connectivity index (χ0v) is 16.0. The summed E-state index contributed by atoms with van der Waals surface area (Å²) in [6, 6.07) is 13.8. The number of anilines is 1. The first-order valence-corrected chi connectivity index (χ1v) is 9.80. The molecular weight excluding hydrogens is 354 g/mol. The van der Waals surface area contributed by atoms with Crippen LogP contribution in [0.5, 0.6) is 5.75 Å². The van der Waals surface area contributed by atoms with Crippen LogP contribution in [0.25, 0.3) is 0 Å². The largest absolute Gasteiger partial charge is 0.494 e. The summed E-state index contributed by atoms with van der Waals surface area (Å²) in [5.74, 6) is 1.92. The van der Waals surface area contributed by atoms with Crippen LogP contribution < -0.4 is 10.1 Å². The molecule has 0 saturated heterocycles. The number of fused-ring (bicyclic) bond motifs is 1. The minimum atomic E-state index is -0.496. The van der Waals surface area contributed by atoms with Gasteiger partial charge in [0.05, 0.1) is 12.0 Å². The molecule has 0 radical (unpaired) electrons. The van der Waals surface area contributed by atoms with E-state index in [4.69, 9.17) is 16.3 Å². The van der Waals surface area contributed by atoms with Gasteiger partial charge in [-0.25, -0.2) is 0 Å². The zero-order chi connectivity index (χ0) is 17.9. The summed E-state index contributed by atoms with van der Waals surface area (Å²) in [5.41, 5.74) is 1.40. The third kappa shape index (κ3) is 4.31. The summed E-state index contributed by atoms with van der Waals surface area (Å²) >= 11 is 7.72. The zero-order valence-electron chi connectivity index (χ0n) is 14.5. The van der Waals surface area contributed by atoms with Crippen molar-refractivity contribution in [3.05, 3.63) is 53.1 Å². The number of hydrogen-bond acceptors (Lipinski definition) is 3. The average Bonchev–Trinajstić information content (AvgIpc) is 2.82. The van der Waals surface area contributed by atoms with Crippen LogP contribution in [0.3, 0.4) is 0 Å². The van der Waals surface area contributed by atoms with Crippen LogP contribution >= 0.6 is 23.4 Å². The van der Waals surface area contributed by atoms with Gasteiger partial charge < -0.3 is 10.1 Å². The lowest BCUT2D eigenvalue weighted by Crippen LogP contribution is -2.26. The Morgan fingerprint density at radius 1 is 1.12 bits per heavy atom. The van der Waals surface area contributed by atoms with Crippen LogP contribution in [0.15, 0.2) is 47.4 Å². The van der Waals surface area contributed by atoms with Crippen molar-refractivity contribution < 1.29 is 9.53 Å². The van der Waals surface area contributed by atoms with Gasteiger partial charge in [0, 0.05) is 15.6 Å². The Bertz CT molecular complexity index is 759. The molecule has 0 saturated carbocycles. The summed E-state index contributed by atoms with van der Waals surface area (Å²) in [5, 5.41) is 3.68. The van der Waals surface area contributed by atoms with E-state index >= 15 is 0 Å². The summed E-state index contributed by atoms with van der Waals surface area (Å²) in [6.45, 7) is 4.56. The molecule has 0 atom stereocenters. The first-order chi connectivity index (χ1) is 12.0. The van der Waals surface area contributed by atoms with Gasteiger partial charge in [0.1, 0.15) is 5.75 Å². The molecule has 1 heterocycles. The van der Waals surface area contributed by atoms with Gasteiger partial charge in [0.2, 0.25) is 5.91 Å². The highest BCUT2D eigenvalue weighted by Gasteiger charge is 2.38. The summed E-state index contributed by atoms with van der Waals surface area (Å²) < 4.78 is 5.86. The molecule has 3 nitrogen and oxygen atoms in total. The van der Waals surface area contributed by atoms with E-state index in [1.807, 2.05) is 68.1 Å². The molecule has 1 amide bonds. The van der Waals surface area contributed by atoms with Gasteiger partial charge in [0.25, 0.3) is 0 Å². The van der Waals surface area contributed by atoms with Crippen molar-refractivity contribution in [2.75, 3.05) is 17.7 Å². The van der Waals surface area contributed by atoms with Crippen LogP contribution in [-0.2, 0) is 10.2 Å². The quantitative estimate of drug-likeness (QED) is 0.511. The first-order valence-electron chi connectivity index (χ1n) is 8.44. The van der Waals surface area contributed by atoms with E-state index in [0.29, 0.717) is 6.61 Å². The second kappa shape index (κ2) is 7.71. The van der Waals surface area contributed by atoms with E-state index in [0.717, 1.165) is 40.6 Å². The number of halogens is 1.